The summed E-state index contributed by atoms with van der Waals surface area (Å²) in [4.78, 5) is 12.4. The van der Waals surface area contributed by atoms with Crippen molar-refractivity contribution < 1.29 is 34.7 Å². The number of esters is 1. The molecule has 0 bridgehead atoms. The van der Waals surface area contributed by atoms with Gasteiger partial charge in [-0.1, -0.05) is 37.3 Å². The predicted octanol–water partition coefficient (Wildman–Crippen LogP) is 0.637. The van der Waals surface area contributed by atoms with E-state index in [0.717, 1.165) is 17.5 Å². The van der Waals surface area contributed by atoms with E-state index < -0.39 is 42.8 Å². The summed E-state index contributed by atoms with van der Waals surface area (Å²) >= 11 is 0. The Morgan fingerprint density at radius 1 is 0.966 bits per heavy atom. The van der Waals surface area contributed by atoms with Gasteiger partial charge in [0, 0.05) is 5.56 Å². The molecule has 29 heavy (non-hydrogen) atoms. The van der Waals surface area contributed by atoms with Gasteiger partial charge in [-0.3, -0.25) is 0 Å². The first-order chi connectivity index (χ1) is 13.9. The van der Waals surface area contributed by atoms with Crippen LogP contribution in [0.15, 0.2) is 42.5 Å². The molecule has 0 unspecified atom stereocenters. The molecule has 2 aliphatic rings. The van der Waals surface area contributed by atoms with Crippen LogP contribution in [-0.4, -0.2) is 57.4 Å². The molecule has 2 heterocycles. The lowest BCUT2D eigenvalue weighted by Crippen LogP contribution is -2.63. The molecule has 0 radical (unpaired) electrons. The SMILES string of the molecule is CCc1ccc(Cc2ccc3c(c2)[C@]2(OC3=O)O[C@H](CO)[C@@H](O)[C@H](O)[C@H]2O)cc1. The topological polar surface area (TPSA) is 116 Å². The Hall–Kier alpha value is -2.29. The lowest BCUT2D eigenvalue weighted by Gasteiger charge is -2.45. The van der Waals surface area contributed by atoms with Gasteiger partial charge >= 0.3 is 5.97 Å². The van der Waals surface area contributed by atoms with Crippen LogP contribution in [0.3, 0.4) is 0 Å². The maximum Gasteiger partial charge on any atom is 0.341 e. The molecule has 5 atom stereocenters. The highest BCUT2D eigenvalue weighted by atomic mass is 16.7. The zero-order valence-electron chi connectivity index (χ0n) is 16.0. The van der Waals surface area contributed by atoms with Gasteiger partial charge in [-0.15, -0.1) is 0 Å². The van der Waals surface area contributed by atoms with Crippen molar-refractivity contribution in [3.8, 4) is 0 Å². The van der Waals surface area contributed by atoms with Crippen molar-refractivity contribution in [3.63, 3.8) is 0 Å². The molecular weight excluding hydrogens is 376 g/mol. The highest BCUT2D eigenvalue weighted by molar-refractivity contribution is 5.94. The van der Waals surface area contributed by atoms with Crippen LogP contribution in [0.4, 0.5) is 0 Å². The average Bonchev–Trinajstić information content (AvgIpc) is 3.02. The maximum absolute atomic E-state index is 12.4. The molecule has 7 heteroatoms. The fraction of sp³-hybridized carbons (Fsp3) is 0.409. The summed E-state index contributed by atoms with van der Waals surface area (Å²) in [6, 6.07) is 13.3. The number of aliphatic hydroxyl groups is 4. The number of benzene rings is 2. The van der Waals surface area contributed by atoms with Crippen LogP contribution >= 0.6 is 0 Å². The molecule has 2 aromatic rings. The number of aliphatic hydroxyl groups excluding tert-OH is 4. The summed E-state index contributed by atoms with van der Waals surface area (Å²) in [5.74, 6) is -2.67. The minimum Gasteiger partial charge on any atom is -0.422 e. The molecule has 0 saturated carbocycles. The zero-order valence-corrected chi connectivity index (χ0v) is 16.0. The fourth-order valence-electron chi connectivity index (χ4n) is 3.99. The van der Waals surface area contributed by atoms with Crippen molar-refractivity contribution in [1.29, 1.82) is 0 Å². The monoisotopic (exact) mass is 400 g/mol. The van der Waals surface area contributed by atoms with Crippen molar-refractivity contribution in [3.05, 3.63) is 70.3 Å². The molecule has 0 aliphatic carbocycles. The molecule has 4 N–H and O–H groups in total. The maximum atomic E-state index is 12.4. The van der Waals surface area contributed by atoms with Gasteiger partial charge in [0.15, 0.2) is 6.10 Å². The Morgan fingerprint density at radius 3 is 2.28 bits per heavy atom. The summed E-state index contributed by atoms with van der Waals surface area (Å²) in [7, 11) is 0. The summed E-state index contributed by atoms with van der Waals surface area (Å²) in [5.41, 5.74) is 3.68. The molecular formula is C22H24O7. The Balaban J connectivity index is 1.71. The largest absolute Gasteiger partial charge is 0.422 e. The lowest BCUT2D eigenvalue weighted by atomic mass is 9.86. The van der Waals surface area contributed by atoms with E-state index in [1.165, 1.54) is 5.56 Å². The van der Waals surface area contributed by atoms with Crippen molar-refractivity contribution in [2.75, 3.05) is 6.61 Å². The first-order valence-electron chi connectivity index (χ1n) is 9.67. The second-order valence-electron chi connectivity index (χ2n) is 7.55. The number of aryl methyl sites for hydroxylation is 1. The summed E-state index contributed by atoms with van der Waals surface area (Å²) in [6.45, 7) is 1.48. The van der Waals surface area contributed by atoms with Gasteiger partial charge in [-0.05, 0) is 41.7 Å². The molecule has 0 aromatic heterocycles. The summed E-state index contributed by atoms with van der Waals surface area (Å²) in [6.07, 6.45) is -4.53. The van der Waals surface area contributed by atoms with E-state index in [9.17, 15) is 25.2 Å². The van der Waals surface area contributed by atoms with Crippen LogP contribution in [0.25, 0.3) is 0 Å². The molecule has 7 nitrogen and oxygen atoms in total. The van der Waals surface area contributed by atoms with Crippen molar-refractivity contribution in [2.24, 2.45) is 0 Å². The van der Waals surface area contributed by atoms with Crippen LogP contribution in [-0.2, 0) is 28.1 Å². The van der Waals surface area contributed by atoms with Crippen LogP contribution in [0.2, 0.25) is 0 Å². The Morgan fingerprint density at radius 2 is 1.62 bits per heavy atom. The first-order valence-corrected chi connectivity index (χ1v) is 9.67. The van der Waals surface area contributed by atoms with Crippen molar-refractivity contribution >= 4 is 5.97 Å². The Kier molecular flexibility index (Phi) is 5.18. The molecule has 0 amide bonds. The standard InChI is InChI=1S/C22H24O7/c1-2-12-3-5-13(6-4-12)9-14-7-8-15-16(10-14)22(29-21(15)27)20(26)19(25)18(24)17(11-23)28-22/h3-8,10,17-20,23-26H,2,9,11H2,1H3/t17-,18-,19+,20-,22-/m1/s1. The van der Waals surface area contributed by atoms with E-state index >= 15 is 0 Å². The van der Waals surface area contributed by atoms with Gasteiger partial charge in [0.05, 0.1) is 12.2 Å². The molecule has 1 saturated heterocycles. The van der Waals surface area contributed by atoms with E-state index in [2.05, 4.69) is 19.1 Å². The normalized spacial score (nSPS) is 31.0. The lowest BCUT2D eigenvalue weighted by molar-refractivity contribution is -0.350. The van der Waals surface area contributed by atoms with Gasteiger partial charge in [-0.2, -0.15) is 0 Å². The molecule has 2 aromatic carbocycles. The van der Waals surface area contributed by atoms with Gasteiger partial charge in [0.1, 0.15) is 18.3 Å². The van der Waals surface area contributed by atoms with Gasteiger partial charge in [-0.25, -0.2) is 4.79 Å². The molecule has 1 fully saturated rings. The number of carbonyl (C=O) groups excluding carboxylic acids is 1. The predicted molar refractivity (Wildman–Crippen MR) is 102 cm³/mol. The van der Waals surface area contributed by atoms with E-state index in [1.807, 2.05) is 12.1 Å². The fourth-order valence-corrected chi connectivity index (χ4v) is 3.99. The highest BCUT2D eigenvalue weighted by Gasteiger charge is 2.61. The third-order valence-corrected chi connectivity index (χ3v) is 5.71. The number of ether oxygens (including phenoxy) is 2. The minimum absolute atomic E-state index is 0.217. The second-order valence-corrected chi connectivity index (χ2v) is 7.55. The van der Waals surface area contributed by atoms with Gasteiger partial charge in [0.2, 0.25) is 0 Å². The van der Waals surface area contributed by atoms with Gasteiger partial charge in [0.25, 0.3) is 5.79 Å². The Bertz CT molecular complexity index is 908. The van der Waals surface area contributed by atoms with E-state index in [0.29, 0.717) is 6.42 Å². The van der Waals surface area contributed by atoms with Crippen LogP contribution in [0.5, 0.6) is 0 Å². The quantitative estimate of drug-likeness (QED) is 0.557. The number of carbonyl (C=O) groups is 1. The number of fused-ring (bicyclic) bond motifs is 2. The third-order valence-electron chi connectivity index (χ3n) is 5.71. The Labute approximate surface area is 168 Å². The number of rotatable bonds is 4. The molecule has 1 spiro atoms. The van der Waals surface area contributed by atoms with Crippen molar-refractivity contribution in [1.82, 2.24) is 0 Å². The first kappa shape index (κ1) is 20.0. The molecule has 4 rings (SSSR count). The van der Waals surface area contributed by atoms with E-state index in [1.54, 1.807) is 18.2 Å². The number of hydrogen-bond acceptors (Lipinski definition) is 7. The average molecular weight is 400 g/mol. The summed E-state index contributed by atoms with van der Waals surface area (Å²) < 4.78 is 11.0. The third kappa shape index (κ3) is 3.25. The summed E-state index contributed by atoms with van der Waals surface area (Å²) in [5, 5.41) is 40.4. The highest BCUT2D eigenvalue weighted by Crippen LogP contribution is 2.46. The zero-order chi connectivity index (χ0) is 20.8. The molecule has 2 aliphatic heterocycles. The smallest absolute Gasteiger partial charge is 0.341 e. The minimum atomic E-state index is -1.97. The van der Waals surface area contributed by atoms with Gasteiger partial charge < -0.3 is 29.9 Å². The second kappa shape index (κ2) is 7.51. The number of hydrogen-bond donors (Lipinski definition) is 4. The van der Waals surface area contributed by atoms with E-state index in [-0.39, 0.29) is 11.1 Å². The van der Waals surface area contributed by atoms with Crippen LogP contribution < -0.4 is 0 Å². The van der Waals surface area contributed by atoms with Crippen LogP contribution in [0.1, 0.15) is 39.5 Å². The van der Waals surface area contributed by atoms with Crippen LogP contribution in [0, 0.1) is 0 Å². The molecule has 154 valence electrons. The van der Waals surface area contributed by atoms with E-state index in [4.69, 9.17) is 9.47 Å². The van der Waals surface area contributed by atoms with Crippen molar-refractivity contribution in [2.45, 2.75) is 50.0 Å².